The number of hydrogen-bond donors (Lipinski definition) is 0. The van der Waals surface area contributed by atoms with Crippen LogP contribution in [-0.4, -0.2) is 19.7 Å². The van der Waals surface area contributed by atoms with Crippen LogP contribution >= 0.6 is 0 Å². The molecular formula is C23H38O2Si. The summed E-state index contributed by atoms with van der Waals surface area (Å²) in [5.41, 5.74) is 1.27. The second-order valence-electron chi connectivity index (χ2n) is 9.51. The zero-order chi connectivity index (χ0) is 19.6. The second-order valence-corrected chi connectivity index (χ2v) is 13.9. The van der Waals surface area contributed by atoms with Crippen LogP contribution in [0, 0.1) is 29.1 Å². The van der Waals surface area contributed by atoms with E-state index in [1.807, 2.05) is 0 Å². The summed E-state index contributed by atoms with van der Waals surface area (Å²) in [6, 6.07) is 0. The van der Waals surface area contributed by atoms with Gasteiger partial charge in [-0.15, -0.1) is 0 Å². The lowest BCUT2D eigenvalue weighted by Crippen LogP contribution is -2.41. The Morgan fingerprint density at radius 1 is 1.35 bits per heavy atom. The van der Waals surface area contributed by atoms with E-state index < -0.39 is 8.32 Å². The Morgan fingerprint density at radius 2 is 2.00 bits per heavy atom. The predicted molar refractivity (Wildman–Crippen MR) is 112 cm³/mol. The lowest BCUT2D eigenvalue weighted by molar-refractivity contribution is -0.128. The molecule has 0 bridgehead atoms. The van der Waals surface area contributed by atoms with Crippen LogP contribution in [0.15, 0.2) is 11.6 Å². The number of Topliss-reactive ketones (excluding diaryl/α,β-unsaturated/α-hetero) is 1. The van der Waals surface area contributed by atoms with Gasteiger partial charge in [0.25, 0.3) is 0 Å². The van der Waals surface area contributed by atoms with Gasteiger partial charge in [-0.2, -0.15) is 0 Å². The van der Waals surface area contributed by atoms with Gasteiger partial charge in [-0.3, -0.25) is 4.79 Å². The van der Waals surface area contributed by atoms with Crippen molar-refractivity contribution in [3.05, 3.63) is 11.6 Å². The zero-order valence-electron chi connectivity index (χ0n) is 18.0. The topological polar surface area (TPSA) is 26.3 Å². The van der Waals surface area contributed by atoms with Gasteiger partial charge in [-0.1, -0.05) is 51.2 Å². The zero-order valence-corrected chi connectivity index (χ0v) is 19.0. The van der Waals surface area contributed by atoms with E-state index in [1.165, 1.54) is 5.57 Å². The second kappa shape index (κ2) is 8.03. The Bertz CT molecular complexity index is 612. The molecule has 1 saturated carbocycles. The van der Waals surface area contributed by atoms with Crippen molar-refractivity contribution >= 4 is 14.1 Å². The monoisotopic (exact) mass is 374 g/mol. The maximum absolute atomic E-state index is 12.3. The van der Waals surface area contributed by atoms with Gasteiger partial charge in [0, 0.05) is 18.8 Å². The highest BCUT2D eigenvalue weighted by Crippen LogP contribution is 2.53. The van der Waals surface area contributed by atoms with E-state index in [-0.39, 0.29) is 16.9 Å². The summed E-state index contributed by atoms with van der Waals surface area (Å²) in [6.07, 6.45) is 9.00. The summed E-state index contributed by atoms with van der Waals surface area (Å²) < 4.78 is 6.46. The summed E-state index contributed by atoms with van der Waals surface area (Å²) in [4.78, 5) is 12.3. The van der Waals surface area contributed by atoms with Crippen LogP contribution < -0.4 is 0 Å². The van der Waals surface area contributed by atoms with E-state index >= 15 is 0 Å². The molecule has 3 atom stereocenters. The molecule has 0 spiro atoms. The third-order valence-corrected chi connectivity index (χ3v) is 7.41. The Balaban J connectivity index is 2.10. The molecule has 146 valence electrons. The van der Waals surface area contributed by atoms with Crippen molar-refractivity contribution < 1.29 is 9.22 Å². The van der Waals surface area contributed by atoms with E-state index in [0.29, 0.717) is 11.7 Å². The van der Waals surface area contributed by atoms with Crippen LogP contribution in [-0.2, 0) is 9.22 Å². The van der Waals surface area contributed by atoms with Crippen molar-refractivity contribution in [1.29, 1.82) is 0 Å². The lowest BCUT2D eigenvalue weighted by Gasteiger charge is -2.39. The van der Waals surface area contributed by atoms with E-state index in [2.05, 4.69) is 65.3 Å². The Labute approximate surface area is 162 Å². The molecule has 0 heterocycles. The molecule has 0 amide bonds. The van der Waals surface area contributed by atoms with Gasteiger partial charge in [-0.25, -0.2) is 0 Å². The molecule has 2 aliphatic rings. The largest absolute Gasteiger partial charge is 0.402 e. The smallest absolute Gasteiger partial charge is 0.185 e. The van der Waals surface area contributed by atoms with Gasteiger partial charge in [0.05, 0.1) is 0 Å². The number of allylic oxidation sites excluding steroid dienone is 2. The molecule has 0 N–H and O–H groups in total. The third-order valence-electron chi connectivity index (χ3n) is 6.41. The molecule has 3 heteroatoms. The molecule has 0 aliphatic heterocycles. The highest BCUT2D eigenvalue weighted by molar-refractivity contribution is 6.69. The predicted octanol–water partition coefficient (Wildman–Crippen LogP) is 6.13. The standard InChI is InChI=1S/C23H38O2Si/c1-8-23(9-2,25-26(5,6)7)17-10-12-18(3)19-14-15-20-21(24)13-11-16-22(19,20)4/h14,18,20H,8-9,11-13,15-16H2,1-7H3/t18?,20-,22+/m1/s1. The minimum atomic E-state index is -1.63. The first-order valence-corrected chi connectivity index (χ1v) is 13.9. The lowest BCUT2D eigenvalue weighted by atomic mass is 9.63. The molecule has 2 nitrogen and oxygen atoms in total. The van der Waals surface area contributed by atoms with Crippen LogP contribution in [0.2, 0.25) is 19.6 Å². The fourth-order valence-electron chi connectivity index (χ4n) is 4.97. The molecule has 2 aliphatic carbocycles. The fraction of sp³-hybridized carbons (Fsp3) is 0.783. The minimum absolute atomic E-state index is 0.0812. The molecule has 1 unspecified atom stereocenters. The maximum Gasteiger partial charge on any atom is 0.185 e. The molecular weight excluding hydrogens is 336 g/mol. The van der Waals surface area contributed by atoms with Gasteiger partial charge in [-0.05, 0) is 63.1 Å². The van der Waals surface area contributed by atoms with Crippen LogP contribution in [0.4, 0.5) is 0 Å². The van der Waals surface area contributed by atoms with Crippen LogP contribution in [0.25, 0.3) is 0 Å². The SMILES string of the molecule is CCC(C#CCC(C)C1=CC[C@@H]2C(=O)CCC[C@@]12C)(CC)O[Si](C)(C)C. The quantitative estimate of drug-likeness (QED) is 0.317. The summed E-state index contributed by atoms with van der Waals surface area (Å²) in [6.45, 7) is 15.7. The Hall–Kier alpha value is -0.853. The van der Waals surface area contributed by atoms with Crippen molar-refractivity contribution in [3.8, 4) is 11.8 Å². The third kappa shape index (κ3) is 4.51. The average Bonchev–Trinajstić information content (AvgIpc) is 2.91. The maximum atomic E-state index is 12.3. The number of carbonyl (C=O) groups is 1. The number of fused-ring (bicyclic) bond motifs is 1. The van der Waals surface area contributed by atoms with Gasteiger partial charge in [0.15, 0.2) is 8.32 Å². The van der Waals surface area contributed by atoms with Crippen molar-refractivity contribution in [3.63, 3.8) is 0 Å². The summed E-state index contributed by atoms with van der Waals surface area (Å²) >= 11 is 0. The van der Waals surface area contributed by atoms with Crippen LogP contribution in [0.1, 0.15) is 72.6 Å². The molecule has 0 aromatic rings. The van der Waals surface area contributed by atoms with Crippen LogP contribution in [0.5, 0.6) is 0 Å². The normalized spacial score (nSPS) is 27.4. The number of hydrogen-bond acceptors (Lipinski definition) is 2. The van der Waals surface area contributed by atoms with Gasteiger partial charge >= 0.3 is 0 Å². The average molecular weight is 375 g/mol. The van der Waals surface area contributed by atoms with E-state index in [4.69, 9.17) is 4.43 Å². The summed E-state index contributed by atoms with van der Waals surface area (Å²) in [5, 5.41) is 0. The molecule has 2 rings (SSSR count). The number of ketones is 1. The molecule has 1 fully saturated rings. The number of carbonyl (C=O) groups excluding carboxylic acids is 1. The summed E-state index contributed by atoms with van der Waals surface area (Å²) in [5.74, 6) is 8.10. The first-order chi connectivity index (χ1) is 12.1. The first-order valence-electron chi connectivity index (χ1n) is 10.5. The first kappa shape index (κ1) is 21.4. The minimum Gasteiger partial charge on any atom is -0.402 e. The highest BCUT2D eigenvalue weighted by Gasteiger charge is 2.47. The van der Waals surface area contributed by atoms with Crippen molar-refractivity contribution in [2.75, 3.05) is 0 Å². The Morgan fingerprint density at radius 3 is 2.58 bits per heavy atom. The fourth-order valence-corrected chi connectivity index (χ4v) is 6.48. The van der Waals surface area contributed by atoms with Crippen LogP contribution in [0.3, 0.4) is 0 Å². The Kier molecular flexibility index (Phi) is 6.62. The molecule has 0 aromatic heterocycles. The van der Waals surface area contributed by atoms with E-state index in [9.17, 15) is 4.79 Å². The van der Waals surface area contributed by atoms with Gasteiger partial charge in [0.2, 0.25) is 0 Å². The van der Waals surface area contributed by atoms with Crippen molar-refractivity contribution in [2.45, 2.75) is 97.9 Å². The van der Waals surface area contributed by atoms with E-state index in [0.717, 1.165) is 44.9 Å². The van der Waals surface area contributed by atoms with Gasteiger partial charge in [0.1, 0.15) is 11.4 Å². The highest BCUT2D eigenvalue weighted by atomic mass is 28.4. The molecule has 26 heavy (non-hydrogen) atoms. The summed E-state index contributed by atoms with van der Waals surface area (Å²) in [7, 11) is -1.63. The van der Waals surface area contributed by atoms with E-state index in [1.54, 1.807) is 0 Å². The number of rotatable bonds is 6. The van der Waals surface area contributed by atoms with Gasteiger partial charge < -0.3 is 4.43 Å². The molecule has 0 aromatic carbocycles. The molecule has 0 radical (unpaired) electrons. The molecule has 0 saturated heterocycles. The van der Waals surface area contributed by atoms with Crippen molar-refractivity contribution in [1.82, 2.24) is 0 Å². The van der Waals surface area contributed by atoms with Crippen molar-refractivity contribution in [2.24, 2.45) is 17.3 Å².